The lowest BCUT2D eigenvalue weighted by atomic mass is 9.86. The van der Waals surface area contributed by atoms with Crippen LogP contribution in [0.15, 0.2) is 53.7 Å². The number of H-pyrrole nitrogens is 1. The van der Waals surface area contributed by atoms with Crippen molar-refractivity contribution in [3.05, 3.63) is 59.2 Å². The number of hydrogen-bond donors (Lipinski definition) is 2. The van der Waals surface area contributed by atoms with E-state index in [0.29, 0.717) is 5.96 Å². The first-order chi connectivity index (χ1) is 12.0. The molecule has 4 nitrogen and oxygen atoms in total. The first kappa shape index (κ1) is 16.0. The molecular weight excluding hydrogens is 332 g/mol. The van der Waals surface area contributed by atoms with Gasteiger partial charge in [-0.2, -0.15) is 0 Å². The van der Waals surface area contributed by atoms with Crippen LogP contribution >= 0.6 is 11.6 Å². The number of nitrogens with two attached hydrogens (primary N) is 1. The van der Waals surface area contributed by atoms with Crippen LogP contribution in [0.3, 0.4) is 0 Å². The molecule has 128 valence electrons. The zero-order valence-corrected chi connectivity index (χ0v) is 15.1. The van der Waals surface area contributed by atoms with E-state index in [1.807, 2.05) is 24.2 Å². The van der Waals surface area contributed by atoms with Crippen LogP contribution in [0.2, 0.25) is 5.02 Å². The molecule has 0 amide bonds. The van der Waals surface area contributed by atoms with Gasteiger partial charge in [0, 0.05) is 35.9 Å². The summed E-state index contributed by atoms with van der Waals surface area (Å²) in [6.07, 6.45) is 2.87. The van der Waals surface area contributed by atoms with Crippen molar-refractivity contribution in [2.24, 2.45) is 10.7 Å². The zero-order valence-electron chi connectivity index (χ0n) is 14.4. The molecule has 0 spiro atoms. The maximum Gasteiger partial charge on any atom is 0.191 e. The predicted molar refractivity (Wildman–Crippen MR) is 105 cm³/mol. The summed E-state index contributed by atoms with van der Waals surface area (Å²) in [5.41, 5.74) is 10.1. The van der Waals surface area contributed by atoms with E-state index in [4.69, 9.17) is 22.3 Å². The number of nitrogens with one attached hydrogen (secondary N) is 1. The second-order valence-electron chi connectivity index (χ2n) is 6.89. The Kier molecular flexibility index (Phi) is 3.73. The van der Waals surface area contributed by atoms with Crippen LogP contribution in [0.4, 0.5) is 0 Å². The van der Waals surface area contributed by atoms with Gasteiger partial charge >= 0.3 is 0 Å². The Morgan fingerprint density at radius 2 is 2.04 bits per heavy atom. The predicted octanol–water partition coefficient (Wildman–Crippen LogP) is 4.35. The number of benzene rings is 2. The van der Waals surface area contributed by atoms with Gasteiger partial charge in [-0.1, -0.05) is 29.8 Å². The number of aromatic nitrogens is 1. The number of aromatic amines is 1. The van der Waals surface area contributed by atoms with Crippen LogP contribution in [0.25, 0.3) is 22.0 Å². The van der Waals surface area contributed by atoms with Gasteiger partial charge in [-0.25, -0.2) is 4.99 Å². The van der Waals surface area contributed by atoms with E-state index < -0.39 is 0 Å². The first-order valence-corrected chi connectivity index (χ1v) is 8.78. The van der Waals surface area contributed by atoms with Gasteiger partial charge in [-0.15, -0.1) is 0 Å². The summed E-state index contributed by atoms with van der Waals surface area (Å²) in [7, 11) is 1.97. The average molecular weight is 353 g/mol. The minimum absolute atomic E-state index is 0.327. The van der Waals surface area contributed by atoms with Crippen molar-refractivity contribution < 1.29 is 0 Å². The van der Waals surface area contributed by atoms with E-state index in [1.54, 1.807) is 0 Å². The minimum atomic E-state index is -0.327. The Labute approximate surface area is 152 Å². The molecule has 1 aliphatic heterocycles. The van der Waals surface area contributed by atoms with Crippen molar-refractivity contribution >= 4 is 28.5 Å². The Morgan fingerprint density at radius 1 is 1.20 bits per heavy atom. The number of guanidine groups is 1. The molecule has 1 atom stereocenters. The second-order valence-corrected chi connectivity index (χ2v) is 7.30. The normalized spacial score (nSPS) is 20.8. The quantitative estimate of drug-likeness (QED) is 0.720. The minimum Gasteiger partial charge on any atom is -0.370 e. The van der Waals surface area contributed by atoms with Gasteiger partial charge in [-0.3, -0.25) is 0 Å². The molecule has 0 bridgehead atoms. The Hall–Kier alpha value is -2.46. The summed E-state index contributed by atoms with van der Waals surface area (Å²) in [5, 5.41) is 1.93. The van der Waals surface area contributed by atoms with Crippen molar-refractivity contribution in [2.75, 3.05) is 13.6 Å². The number of nitrogens with zero attached hydrogens (tertiary/aromatic N) is 2. The lowest BCUT2D eigenvalue weighted by Crippen LogP contribution is -2.43. The fourth-order valence-electron chi connectivity index (χ4n) is 3.40. The first-order valence-electron chi connectivity index (χ1n) is 8.40. The average Bonchev–Trinajstić information content (AvgIpc) is 3.06. The third-order valence-electron chi connectivity index (χ3n) is 5.14. The molecule has 5 heteroatoms. The molecule has 3 aromatic rings. The maximum absolute atomic E-state index is 6.51. The number of halogens is 1. The van der Waals surface area contributed by atoms with E-state index in [1.165, 1.54) is 5.39 Å². The Morgan fingerprint density at radius 3 is 2.84 bits per heavy atom. The molecule has 25 heavy (non-hydrogen) atoms. The molecule has 1 unspecified atom stereocenters. The van der Waals surface area contributed by atoms with E-state index in [0.717, 1.165) is 40.2 Å². The monoisotopic (exact) mass is 352 g/mol. The molecule has 0 aliphatic carbocycles. The van der Waals surface area contributed by atoms with E-state index in [9.17, 15) is 0 Å². The lowest BCUT2D eigenvalue weighted by molar-refractivity contribution is 0.339. The molecular formula is C20H21ClN4. The molecule has 0 saturated carbocycles. The standard InChI is InChI=1S/C20H21ClN4/c1-20(8-10-25(2)19(22)24-20)15-5-6-17(21)16(12-15)14-4-3-13-7-9-23-18(13)11-14/h3-7,9,11-12,23H,8,10H2,1-2H3,(H2,22,24). The highest BCUT2D eigenvalue weighted by Crippen LogP contribution is 2.37. The van der Waals surface area contributed by atoms with E-state index in [2.05, 4.69) is 48.3 Å². The number of rotatable bonds is 2. The van der Waals surface area contributed by atoms with Gasteiger partial charge in [0.1, 0.15) is 0 Å². The molecule has 0 radical (unpaired) electrons. The lowest BCUT2D eigenvalue weighted by Gasteiger charge is -2.35. The highest BCUT2D eigenvalue weighted by Gasteiger charge is 2.31. The smallest absolute Gasteiger partial charge is 0.191 e. The number of aliphatic imine (C=N–C) groups is 1. The third kappa shape index (κ3) is 2.76. The summed E-state index contributed by atoms with van der Waals surface area (Å²) in [5.74, 6) is 0.582. The van der Waals surface area contributed by atoms with Crippen molar-refractivity contribution in [1.82, 2.24) is 9.88 Å². The van der Waals surface area contributed by atoms with Crippen LogP contribution in [0.5, 0.6) is 0 Å². The Bertz CT molecular complexity index is 975. The fourth-order valence-corrected chi connectivity index (χ4v) is 3.63. The highest BCUT2D eigenvalue weighted by atomic mass is 35.5. The van der Waals surface area contributed by atoms with E-state index >= 15 is 0 Å². The summed E-state index contributed by atoms with van der Waals surface area (Å²) < 4.78 is 0. The SMILES string of the molecule is CN1CCC(C)(c2ccc(Cl)c(-c3ccc4cc[nH]c4c3)c2)N=C1N. The van der Waals surface area contributed by atoms with E-state index in [-0.39, 0.29) is 5.54 Å². The summed E-state index contributed by atoms with van der Waals surface area (Å²) in [6.45, 7) is 3.02. The van der Waals surface area contributed by atoms with Crippen LogP contribution in [0.1, 0.15) is 18.9 Å². The number of fused-ring (bicyclic) bond motifs is 1. The molecule has 4 rings (SSSR count). The van der Waals surface area contributed by atoms with Crippen molar-refractivity contribution in [3.63, 3.8) is 0 Å². The van der Waals surface area contributed by atoms with Gasteiger partial charge < -0.3 is 15.6 Å². The highest BCUT2D eigenvalue weighted by molar-refractivity contribution is 6.33. The molecule has 0 fully saturated rings. The number of hydrogen-bond acceptors (Lipinski definition) is 3. The van der Waals surface area contributed by atoms with Gasteiger partial charge in [0.2, 0.25) is 0 Å². The molecule has 0 saturated heterocycles. The third-order valence-corrected chi connectivity index (χ3v) is 5.47. The zero-order chi connectivity index (χ0) is 17.6. The summed E-state index contributed by atoms with van der Waals surface area (Å²) in [4.78, 5) is 9.98. The van der Waals surface area contributed by atoms with Crippen LogP contribution < -0.4 is 5.73 Å². The molecule has 3 N–H and O–H groups in total. The fraction of sp³-hybridized carbons (Fsp3) is 0.250. The topological polar surface area (TPSA) is 57.4 Å². The van der Waals surface area contributed by atoms with Crippen molar-refractivity contribution in [3.8, 4) is 11.1 Å². The van der Waals surface area contributed by atoms with Gasteiger partial charge in [0.15, 0.2) is 5.96 Å². The maximum atomic E-state index is 6.51. The van der Waals surface area contributed by atoms with Crippen molar-refractivity contribution in [2.45, 2.75) is 18.9 Å². The van der Waals surface area contributed by atoms with Crippen LogP contribution in [0, 0.1) is 0 Å². The molecule has 1 aliphatic rings. The molecule has 2 heterocycles. The largest absolute Gasteiger partial charge is 0.370 e. The molecule has 1 aromatic heterocycles. The summed E-state index contributed by atoms with van der Waals surface area (Å²) in [6, 6.07) is 14.6. The van der Waals surface area contributed by atoms with Crippen LogP contribution in [-0.2, 0) is 5.54 Å². The molecule has 2 aromatic carbocycles. The Balaban J connectivity index is 1.81. The van der Waals surface area contributed by atoms with Gasteiger partial charge in [-0.05, 0) is 54.1 Å². The summed E-state index contributed by atoms with van der Waals surface area (Å²) >= 11 is 6.51. The van der Waals surface area contributed by atoms with Crippen molar-refractivity contribution in [1.29, 1.82) is 0 Å². The van der Waals surface area contributed by atoms with Gasteiger partial charge in [0.05, 0.1) is 5.54 Å². The second kappa shape index (κ2) is 5.81. The van der Waals surface area contributed by atoms with Gasteiger partial charge in [0.25, 0.3) is 0 Å². The van der Waals surface area contributed by atoms with Crippen LogP contribution in [-0.4, -0.2) is 29.4 Å².